The lowest BCUT2D eigenvalue weighted by Crippen LogP contribution is -2.13. The summed E-state index contributed by atoms with van der Waals surface area (Å²) in [6.07, 6.45) is -0.814. The second-order valence-corrected chi connectivity index (χ2v) is 9.33. The van der Waals surface area contributed by atoms with Gasteiger partial charge in [-0.25, -0.2) is 4.79 Å². The SMILES string of the molecule is O=C(Oc1ccc(-c2ccc(Cl)cc2Br)cc1)Oc1ccc(-c2ccc(Cl)cc2Br)cc1. The Labute approximate surface area is 212 Å². The normalized spacial score (nSPS) is 10.6. The summed E-state index contributed by atoms with van der Waals surface area (Å²) in [4.78, 5) is 12.2. The Hall–Kier alpha value is -2.31. The van der Waals surface area contributed by atoms with Gasteiger partial charge in [-0.3, -0.25) is 0 Å². The molecule has 0 atom stereocenters. The van der Waals surface area contributed by atoms with Crippen molar-refractivity contribution in [3.63, 3.8) is 0 Å². The van der Waals surface area contributed by atoms with Crippen molar-refractivity contribution in [1.82, 2.24) is 0 Å². The van der Waals surface area contributed by atoms with Crippen molar-refractivity contribution >= 4 is 61.2 Å². The van der Waals surface area contributed by atoms with Crippen LogP contribution in [0.5, 0.6) is 11.5 Å². The molecule has 0 radical (unpaired) electrons. The number of carbonyl (C=O) groups is 1. The van der Waals surface area contributed by atoms with Crippen LogP contribution in [0.2, 0.25) is 10.0 Å². The van der Waals surface area contributed by atoms with Crippen molar-refractivity contribution in [2.24, 2.45) is 0 Å². The summed E-state index contributed by atoms with van der Waals surface area (Å²) in [5.41, 5.74) is 3.88. The zero-order chi connectivity index (χ0) is 22.7. The highest BCUT2D eigenvalue weighted by atomic mass is 79.9. The molecule has 7 heteroatoms. The zero-order valence-electron chi connectivity index (χ0n) is 16.3. The van der Waals surface area contributed by atoms with E-state index in [2.05, 4.69) is 31.9 Å². The van der Waals surface area contributed by atoms with Crippen LogP contribution in [-0.2, 0) is 0 Å². The molecule has 4 aromatic rings. The molecular formula is C25H14Br2Cl2O3. The molecule has 4 rings (SSSR count). The average Bonchev–Trinajstić information content (AvgIpc) is 2.75. The lowest BCUT2D eigenvalue weighted by atomic mass is 10.1. The lowest BCUT2D eigenvalue weighted by molar-refractivity contribution is 0.152. The molecule has 0 heterocycles. The molecule has 32 heavy (non-hydrogen) atoms. The molecular weight excluding hydrogens is 579 g/mol. The molecule has 4 aromatic carbocycles. The first-order valence-corrected chi connectivity index (χ1v) is 11.7. The van der Waals surface area contributed by atoms with Crippen molar-refractivity contribution in [3.8, 4) is 33.8 Å². The molecule has 160 valence electrons. The molecule has 0 bridgehead atoms. The van der Waals surface area contributed by atoms with Gasteiger partial charge in [-0.05, 0) is 70.8 Å². The van der Waals surface area contributed by atoms with Gasteiger partial charge in [0.1, 0.15) is 11.5 Å². The lowest BCUT2D eigenvalue weighted by Gasteiger charge is -2.09. The Bertz CT molecular complexity index is 1170. The number of hydrogen-bond acceptors (Lipinski definition) is 3. The van der Waals surface area contributed by atoms with Crippen molar-refractivity contribution < 1.29 is 14.3 Å². The smallest absolute Gasteiger partial charge is 0.395 e. The number of carbonyl (C=O) groups excluding carboxylic acids is 1. The molecule has 0 fully saturated rings. The van der Waals surface area contributed by atoms with Crippen molar-refractivity contribution in [3.05, 3.63) is 104 Å². The van der Waals surface area contributed by atoms with E-state index in [4.69, 9.17) is 32.7 Å². The Kier molecular flexibility index (Phi) is 7.21. The summed E-state index contributed by atoms with van der Waals surface area (Å²) >= 11 is 19.0. The van der Waals surface area contributed by atoms with Crippen LogP contribution in [-0.4, -0.2) is 6.16 Å². The van der Waals surface area contributed by atoms with Crippen LogP contribution in [0.4, 0.5) is 4.79 Å². The number of benzene rings is 4. The van der Waals surface area contributed by atoms with Crippen molar-refractivity contribution in [2.75, 3.05) is 0 Å². The standard InChI is InChI=1S/C25H14Br2Cl2O3/c26-23-13-17(28)5-11-21(23)15-1-7-19(8-2-15)31-25(30)32-20-9-3-16(4-10-20)22-12-6-18(29)14-24(22)27/h1-14H. The minimum absolute atomic E-state index is 0.380. The van der Waals surface area contributed by atoms with Gasteiger partial charge in [0.15, 0.2) is 0 Å². The van der Waals surface area contributed by atoms with E-state index < -0.39 is 6.16 Å². The minimum Gasteiger partial charge on any atom is -0.395 e. The predicted octanol–water partition coefficient (Wildman–Crippen LogP) is 9.43. The quantitative estimate of drug-likeness (QED) is 0.175. The second-order valence-electron chi connectivity index (χ2n) is 6.75. The van der Waals surface area contributed by atoms with Crippen LogP contribution in [0, 0.1) is 0 Å². The fourth-order valence-corrected chi connectivity index (χ4v) is 4.89. The molecule has 0 aromatic heterocycles. The molecule has 0 saturated carbocycles. The molecule has 0 aliphatic carbocycles. The van der Waals surface area contributed by atoms with Crippen molar-refractivity contribution in [1.29, 1.82) is 0 Å². The molecule has 0 unspecified atom stereocenters. The zero-order valence-corrected chi connectivity index (χ0v) is 21.0. The number of halogens is 4. The van der Waals surface area contributed by atoms with Crippen molar-refractivity contribution in [2.45, 2.75) is 0 Å². The average molecular weight is 593 g/mol. The largest absolute Gasteiger partial charge is 0.519 e. The maximum Gasteiger partial charge on any atom is 0.519 e. The van der Waals surface area contributed by atoms with Gasteiger partial charge in [-0.15, -0.1) is 0 Å². The summed E-state index contributed by atoms with van der Waals surface area (Å²) in [5.74, 6) is 0.760. The monoisotopic (exact) mass is 590 g/mol. The topological polar surface area (TPSA) is 35.5 Å². The van der Waals surface area contributed by atoms with Gasteiger partial charge in [0, 0.05) is 19.0 Å². The number of ether oxygens (including phenoxy) is 2. The predicted molar refractivity (Wildman–Crippen MR) is 136 cm³/mol. The highest BCUT2D eigenvalue weighted by molar-refractivity contribution is 9.11. The highest BCUT2D eigenvalue weighted by Gasteiger charge is 2.10. The van der Waals surface area contributed by atoms with Crippen LogP contribution < -0.4 is 9.47 Å². The Balaban J connectivity index is 1.40. The Morgan fingerprint density at radius 1 is 0.594 bits per heavy atom. The van der Waals surface area contributed by atoms with E-state index in [0.29, 0.717) is 21.5 Å². The van der Waals surface area contributed by atoms with Crippen LogP contribution >= 0.6 is 55.1 Å². The van der Waals surface area contributed by atoms with Gasteiger partial charge in [0.2, 0.25) is 0 Å². The van der Waals surface area contributed by atoms with Crippen LogP contribution in [0.25, 0.3) is 22.3 Å². The van der Waals surface area contributed by atoms with E-state index in [1.807, 2.05) is 60.7 Å². The van der Waals surface area contributed by atoms with E-state index in [1.165, 1.54) is 0 Å². The summed E-state index contributed by atoms with van der Waals surface area (Å²) in [6, 6.07) is 25.4. The molecule has 3 nitrogen and oxygen atoms in total. The third-order valence-corrected chi connectivity index (χ3v) is 6.38. The molecule has 0 saturated heterocycles. The first kappa shape index (κ1) is 22.9. The van der Waals surface area contributed by atoms with Crippen LogP contribution in [0.1, 0.15) is 0 Å². The molecule has 0 amide bonds. The van der Waals surface area contributed by atoms with Crippen LogP contribution in [0.15, 0.2) is 93.9 Å². The van der Waals surface area contributed by atoms with E-state index in [0.717, 1.165) is 31.2 Å². The minimum atomic E-state index is -0.814. The van der Waals surface area contributed by atoms with Gasteiger partial charge in [-0.2, -0.15) is 0 Å². The fraction of sp³-hybridized carbons (Fsp3) is 0. The number of rotatable bonds is 4. The van der Waals surface area contributed by atoms with E-state index in [9.17, 15) is 4.79 Å². The second kappa shape index (κ2) is 10.1. The third kappa shape index (κ3) is 5.54. The first-order valence-electron chi connectivity index (χ1n) is 9.40. The van der Waals surface area contributed by atoms with E-state index >= 15 is 0 Å². The van der Waals surface area contributed by atoms with E-state index in [-0.39, 0.29) is 0 Å². The van der Waals surface area contributed by atoms with E-state index in [1.54, 1.807) is 24.3 Å². The Morgan fingerprint density at radius 2 is 0.969 bits per heavy atom. The van der Waals surface area contributed by atoms with Gasteiger partial charge in [0.05, 0.1) is 0 Å². The third-order valence-electron chi connectivity index (χ3n) is 4.60. The summed E-state index contributed by atoms with van der Waals surface area (Å²) in [7, 11) is 0. The summed E-state index contributed by atoms with van der Waals surface area (Å²) < 4.78 is 12.3. The van der Waals surface area contributed by atoms with Gasteiger partial charge >= 0.3 is 6.16 Å². The molecule has 0 N–H and O–H groups in total. The fourth-order valence-electron chi connectivity index (χ4n) is 3.07. The first-order chi connectivity index (χ1) is 15.4. The number of hydrogen-bond donors (Lipinski definition) is 0. The highest BCUT2D eigenvalue weighted by Crippen LogP contribution is 2.33. The molecule has 0 aliphatic heterocycles. The Morgan fingerprint density at radius 3 is 1.31 bits per heavy atom. The maximum atomic E-state index is 12.2. The summed E-state index contributed by atoms with van der Waals surface area (Å²) in [6.45, 7) is 0. The summed E-state index contributed by atoms with van der Waals surface area (Å²) in [5, 5.41) is 1.30. The van der Waals surface area contributed by atoms with Crippen LogP contribution in [0.3, 0.4) is 0 Å². The van der Waals surface area contributed by atoms with Gasteiger partial charge in [0.25, 0.3) is 0 Å². The molecule has 0 aliphatic rings. The van der Waals surface area contributed by atoms with Gasteiger partial charge < -0.3 is 9.47 Å². The maximum absolute atomic E-state index is 12.2. The van der Waals surface area contributed by atoms with Gasteiger partial charge in [-0.1, -0.05) is 91.5 Å². The molecule has 0 spiro atoms.